The smallest absolute Gasteiger partial charge is 0.339 e. The van der Waals surface area contributed by atoms with Gasteiger partial charge in [-0.3, -0.25) is 0 Å². The molecule has 0 aliphatic heterocycles. The lowest BCUT2D eigenvalue weighted by atomic mass is 10.2. The maximum atomic E-state index is 11.1. The fourth-order valence-electron chi connectivity index (χ4n) is 1.57. The molecule has 0 fully saturated rings. The lowest BCUT2D eigenvalue weighted by molar-refractivity contribution is 0.0693. The summed E-state index contributed by atoms with van der Waals surface area (Å²) < 4.78 is 6.40. The Morgan fingerprint density at radius 3 is 2.90 bits per heavy atom. The van der Waals surface area contributed by atoms with Crippen molar-refractivity contribution < 1.29 is 14.6 Å². The molecule has 5 nitrogen and oxygen atoms in total. The first-order valence-electron chi connectivity index (χ1n) is 5.46. The molecular weight excluding hydrogens is 415 g/mol. The quantitative estimate of drug-likeness (QED) is 0.716. The van der Waals surface area contributed by atoms with Crippen LogP contribution >= 0.6 is 45.5 Å². The van der Waals surface area contributed by atoms with Crippen molar-refractivity contribution in [1.29, 1.82) is 0 Å². The maximum absolute atomic E-state index is 11.1. The highest BCUT2D eigenvalue weighted by molar-refractivity contribution is 14.1. The van der Waals surface area contributed by atoms with E-state index in [0.717, 1.165) is 14.1 Å². The monoisotopic (exact) mass is 424 g/mol. The molecule has 2 N–H and O–H groups in total. The molecule has 2 rings (SSSR count). The number of benzene rings is 1. The minimum Gasteiger partial charge on any atom is -0.496 e. The van der Waals surface area contributed by atoms with E-state index in [4.69, 9.17) is 21.4 Å². The standard InChI is InChI=1S/C12H10ClIN2O3S/c1-19-10-3-9(8(14)2-7(10)11(17)18)15-4-6-5-16-12(13)20-6/h2-3,5,15H,4H2,1H3,(H,17,18). The molecule has 0 saturated heterocycles. The third-order valence-corrected chi connectivity index (χ3v) is 4.51. The second kappa shape index (κ2) is 6.59. The predicted molar refractivity (Wildman–Crippen MR) is 87.1 cm³/mol. The Labute approximate surface area is 138 Å². The second-order valence-corrected chi connectivity index (χ2v) is 6.63. The number of rotatable bonds is 5. The number of hydrogen-bond acceptors (Lipinski definition) is 5. The number of ether oxygens (including phenoxy) is 1. The highest BCUT2D eigenvalue weighted by Crippen LogP contribution is 2.29. The van der Waals surface area contributed by atoms with Crippen LogP contribution in [0.3, 0.4) is 0 Å². The predicted octanol–water partition coefficient (Wildman–Crippen LogP) is 3.72. The molecular formula is C12H10ClIN2O3S. The van der Waals surface area contributed by atoms with Gasteiger partial charge in [-0.05, 0) is 28.7 Å². The number of carboxylic acid groups (broad SMARTS) is 1. The van der Waals surface area contributed by atoms with E-state index in [0.29, 0.717) is 16.8 Å². The first-order valence-corrected chi connectivity index (χ1v) is 7.73. The summed E-state index contributed by atoms with van der Waals surface area (Å²) in [6.07, 6.45) is 1.70. The summed E-state index contributed by atoms with van der Waals surface area (Å²) in [5.74, 6) is -0.691. The van der Waals surface area contributed by atoms with Crippen LogP contribution in [0, 0.1) is 3.57 Å². The molecule has 1 aromatic carbocycles. The molecule has 1 aromatic heterocycles. The molecule has 0 atom stereocenters. The van der Waals surface area contributed by atoms with E-state index in [2.05, 4.69) is 32.9 Å². The number of anilines is 1. The number of methoxy groups -OCH3 is 1. The summed E-state index contributed by atoms with van der Waals surface area (Å²) in [5.41, 5.74) is 0.945. The van der Waals surface area contributed by atoms with Gasteiger partial charge >= 0.3 is 5.97 Å². The van der Waals surface area contributed by atoms with Crippen LogP contribution in [0.15, 0.2) is 18.3 Å². The van der Waals surface area contributed by atoms with Gasteiger partial charge in [0.1, 0.15) is 11.3 Å². The summed E-state index contributed by atoms with van der Waals surface area (Å²) in [5, 5.41) is 12.3. The lowest BCUT2D eigenvalue weighted by Crippen LogP contribution is -2.05. The Balaban J connectivity index is 2.21. The van der Waals surface area contributed by atoms with Crippen LogP contribution in [-0.2, 0) is 6.54 Å². The number of hydrogen-bond donors (Lipinski definition) is 2. The zero-order chi connectivity index (χ0) is 14.7. The third-order valence-electron chi connectivity index (χ3n) is 2.50. The van der Waals surface area contributed by atoms with E-state index >= 15 is 0 Å². The van der Waals surface area contributed by atoms with E-state index in [1.807, 2.05) is 0 Å². The number of aromatic carboxylic acids is 1. The zero-order valence-corrected chi connectivity index (χ0v) is 14.0. The van der Waals surface area contributed by atoms with Crippen LogP contribution in [0.1, 0.15) is 15.2 Å². The summed E-state index contributed by atoms with van der Waals surface area (Å²) >= 11 is 9.25. The zero-order valence-electron chi connectivity index (χ0n) is 10.3. The van der Waals surface area contributed by atoms with Gasteiger partial charge < -0.3 is 15.2 Å². The summed E-state index contributed by atoms with van der Waals surface area (Å²) in [6.45, 7) is 0.565. The van der Waals surface area contributed by atoms with Crippen LogP contribution in [0.4, 0.5) is 5.69 Å². The van der Waals surface area contributed by atoms with Crippen molar-refractivity contribution in [1.82, 2.24) is 4.98 Å². The number of nitrogens with zero attached hydrogens (tertiary/aromatic N) is 1. The maximum Gasteiger partial charge on any atom is 0.339 e. The van der Waals surface area contributed by atoms with E-state index in [9.17, 15) is 4.79 Å². The molecule has 0 bridgehead atoms. The van der Waals surface area contributed by atoms with Crippen molar-refractivity contribution in [3.8, 4) is 5.75 Å². The van der Waals surface area contributed by atoms with Gasteiger partial charge in [-0.25, -0.2) is 9.78 Å². The fraction of sp³-hybridized carbons (Fsp3) is 0.167. The Bertz CT molecular complexity index is 648. The van der Waals surface area contributed by atoms with Crippen molar-refractivity contribution in [2.75, 3.05) is 12.4 Å². The third kappa shape index (κ3) is 3.53. The van der Waals surface area contributed by atoms with Crippen molar-refractivity contribution >= 4 is 57.2 Å². The first kappa shape index (κ1) is 15.3. The van der Waals surface area contributed by atoms with Gasteiger partial charge in [-0.15, -0.1) is 11.3 Å². The highest BCUT2D eigenvalue weighted by atomic mass is 127. The largest absolute Gasteiger partial charge is 0.496 e. The van der Waals surface area contributed by atoms with E-state index in [1.54, 1.807) is 18.3 Å². The fourth-order valence-corrected chi connectivity index (χ4v) is 3.15. The van der Waals surface area contributed by atoms with Crippen LogP contribution in [0.5, 0.6) is 5.75 Å². The van der Waals surface area contributed by atoms with Crippen molar-refractivity contribution in [2.45, 2.75) is 6.54 Å². The molecule has 1 heterocycles. The molecule has 0 aliphatic carbocycles. The number of carbonyl (C=O) groups is 1. The minimum atomic E-state index is -1.01. The molecule has 0 aliphatic rings. The molecule has 0 unspecified atom stereocenters. The Morgan fingerprint density at radius 2 is 2.35 bits per heavy atom. The summed E-state index contributed by atoms with van der Waals surface area (Å²) in [6, 6.07) is 3.25. The van der Waals surface area contributed by atoms with E-state index in [1.165, 1.54) is 18.4 Å². The number of nitrogens with one attached hydrogen (secondary N) is 1. The van der Waals surface area contributed by atoms with Gasteiger partial charge in [-0.2, -0.15) is 0 Å². The topological polar surface area (TPSA) is 71.5 Å². The summed E-state index contributed by atoms with van der Waals surface area (Å²) in [7, 11) is 1.45. The molecule has 0 radical (unpaired) electrons. The van der Waals surface area contributed by atoms with Gasteiger partial charge in [0, 0.05) is 20.7 Å². The average Bonchev–Trinajstić information content (AvgIpc) is 2.82. The van der Waals surface area contributed by atoms with Crippen LogP contribution in [0.2, 0.25) is 4.47 Å². The van der Waals surface area contributed by atoms with Crippen molar-refractivity contribution in [3.05, 3.63) is 36.8 Å². The summed E-state index contributed by atoms with van der Waals surface area (Å²) in [4.78, 5) is 16.1. The molecule has 8 heteroatoms. The van der Waals surface area contributed by atoms with Gasteiger partial charge in [0.25, 0.3) is 0 Å². The number of aromatic nitrogens is 1. The van der Waals surface area contributed by atoms with E-state index < -0.39 is 5.97 Å². The molecule has 106 valence electrons. The molecule has 20 heavy (non-hydrogen) atoms. The van der Waals surface area contributed by atoms with Gasteiger partial charge in [0.15, 0.2) is 4.47 Å². The van der Waals surface area contributed by atoms with E-state index in [-0.39, 0.29) is 5.56 Å². The SMILES string of the molecule is COc1cc(NCc2cnc(Cl)s2)c(I)cc1C(=O)O. The van der Waals surface area contributed by atoms with Crippen LogP contribution < -0.4 is 10.1 Å². The first-order chi connectivity index (χ1) is 9.51. The highest BCUT2D eigenvalue weighted by Gasteiger charge is 2.14. The van der Waals surface area contributed by atoms with Gasteiger partial charge in [-0.1, -0.05) is 11.6 Å². The second-order valence-electron chi connectivity index (χ2n) is 3.77. The number of carboxylic acids is 1. The number of halogens is 2. The van der Waals surface area contributed by atoms with Crippen molar-refractivity contribution in [2.24, 2.45) is 0 Å². The lowest BCUT2D eigenvalue weighted by Gasteiger charge is -2.12. The Morgan fingerprint density at radius 1 is 1.60 bits per heavy atom. The minimum absolute atomic E-state index is 0.142. The average molecular weight is 425 g/mol. The Kier molecular flexibility index (Phi) is 5.06. The van der Waals surface area contributed by atoms with Crippen LogP contribution in [0.25, 0.3) is 0 Å². The molecule has 0 amide bonds. The number of thiazole rings is 1. The molecule has 0 saturated carbocycles. The molecule has 2 aromatic rings. The Hall–Kier alpha value is -1.06. The van der Waals surface area contributed by atoms with Gasteiger partial charge in [0.2, 0.25) is 0 Å². The van der Waals surface area contributed by atoms with Crippen LogP contribution in [-0.4, -0.2) is 23.2 Å². The van der Waals surface area contributed by atoms with Crippen molar-refractivity contribution in [3.63, 3.8) is 0 Å². The molecule has 0 spiro atoms. The normalized spacial score (nSPS) is 10.3. The van der Waals surface area contributed by atoms with Gasteiger partial charge in [0.05, 0.1) is 19.3 Å².